The summed E-state index contributed by atoms with van der Waals surface area (Å²) in [4.78, 5) is 12.4. The number of hydrogen-bond donors (Lipinski definition) is 4. The van der Waals surface area contributed by atoms with E-state index in [9.17, 15) is 28.0 Å². The third-order valence-corrected chi connectivity index (χ3v) is 7.26. The molecular weight excluding hydrogens is 490 g/mol. The van der Waals surface area contributed by atoms with Crippen molar-refractivity contribution in [2.75, 3.05) is 5.75 Å². The summed E-state index contributed by atoms with van der Waals surface area (Å²) >= 11 is 0. The van der Waals surface area contributed by atoms with Gasteiger partial charge in [0.15, 0.2) is 0 Å². The van der Waals surface area contributed by atoms with Crippen LogP contribution in [0.2, 0.25) is 0 Å². The molecule has 0 heterocycles. The van der Waals surface area contributed by atoms with Crippen LogP contribution in [0, 0.1) is 0 Å². The molecule has 0 aromatic rings. The highest BCUT2D eigenvalue weighted by Crippen LogP contribution is 2.11. The number of nitrogens with one attached hydrogen (secondary N) is 1. The minimum atomic E-state index is -4.42. The molecule has 37 heavy (non-hydrogen) atoms. The molecule has 0 rings (SSSR count). The molecule has 0 bridgehead atoms. The van der Waals surface area contributed by atoms with Gasteiger partial charge in [-0.25, -0.2) is 0 Å². The van der Waals surface area contributed by atoms with E-state index < -0.39 is 40.0 Å². The summed E-state index contributed by atoms with van der Waals surface area (Å²) in [7, 11) is -4.42. The molecule has 0 radical (unpaired) electrons. The number of unbranched alkanes of at least 4 members (excludes halogenated alkanes) is 14. The van der Waals surface area contributed by atoms with Crippen molar-refractivity contribution in [1.82, 2.24) is 5.32 Å². The van der Waals surface area contributed by atoms with Crippen molar-refractivity contribution in [2.24, 2.45) is 0 Å². The molecule has 0 aromatic carbocycles. The summed E-state index contributed by atoms with van der Waals surface area (Å²) < 4.78 is 31.9. The van der Waals surface area contributed by atoms with E-state index in [0.29, 0.717) is 6.42 Å². The molecule has 7 nitrogen and oxygen atoms in total. The molecule has 0 aliphatic heterocycles. The first-order valence-electron chi connectivity index (χ1n) is 14.6. The van der Waals surface area contributed by atoms with Crippen molar-refractivity contribution < 1.29 is 28.0 Å². The van der Waals surface area contributed by atoms with Crippen LogP contribution in [0.3, 0.4) is 0 Å². The number of aliphatic hydroxyl groups excluding tert-OH is 2. The lowest BCUT2D eigenvalue weighted by molar-refractivity contribution is -0.130. The molecule has 0 saturated carbocycles. The van der Waals surface area contributed by atoms with Crippen LogP contribution in [0.1, 0.15) is 129 Å². The Balaban J connectivity index is 4.12. The van der Waals surface area contributed by atoms with E-state index in [1.54, 1.807) is 6.08 Å². The summed E-state index contributed by atoms with van der Waals surface area (Å²) in [5.41, 5.74) is 0. The van der Waals surface area contributed by atoms with Gasteiger partial charge in [0.2, 0.25) is 5.91 Å². The van der Waals surface area contributed by atoms with Crippen molar-refractivity contribution in [3.05, 3.63) is 24.3 Å². The summed E-state index contributed by atoms with van der Waals surface area (Å²) in [5, 5.41) is 22.9. The molecule has 3 atom stereocenters. The normalized spacial score (nSPS) is 14.8. The van der Waals surface area contributed by atoms with E-state index in [0.717, 1.165) is 57.8 Å². The molecule has 0 aromatic heterocycles. The number of carbonyl (C=O) groups is 1. The number of allylic oxidation sites excluding steroid dienone is 3. The fourth-order valence-corrected chi connectivity index (χ4v) is 4.89. The van der Waals surface area contributed by atoms with Crippen LogP contribution in [0.15, 0.2) is 24.3 Å². The summed E-state index contributed by atoms with van der Waals surface area (Å²) in [6.07, 6.45) is 24.3. The van der Waals surface area contributed by atoms with Gasteiger partial charge in [0, 0.05) is 0 Å². The maximum Gasteiger partial charge on any atom is 0.267 e. The quantitative estimate of drug-likeness (QED) is 0.0610. The van der Waals surface area contributed by atoms with Crippen LogP contribution in [-0.2, 0) is 14.9 Å². The van der Waals surface area contributed by atoms with Crippen LogP contribution >= 0.6 is 0 Å². The monoisotopic (exact) mass is 545 g/mol. The Morgan fingerprint density at radius 2 is 1.19 bits per heavy atom. The zero-order chi connectivity index (χ0) is 27.8. The second-order valence-electron chi connectivity index (χ2n) is 10.2. The highest BCUT2D eigenvalue weighted by molar-refractivity contribution is 7.85. The molecule has 0 aliphatic carbocycles. The molecule has 1 amide bonds. The molecule has 3 unspecified atom stereocenters. The van der Waals surface area contributed by atoms with Gasteiger partial charge in [-0.05, 0) is 44.9 Å². The van der Waals surface area contributed by atoms with Crippen molar-refractivity contribution in [2.45, 2.75) is 148 Å². The Bertz CT molecular complexity index is 707. The zero-order valence-corrected chi connectivity index (χ0v) is 24.3. The second kappa shape index (κ2) is 23.9. The predicted octanol–water partition coefficient (Wildman–Crippen LogP) is 6.25. The number of amides is 1. The lowest BCUT2D eigenvalue weighted by Gasteiger charge is -2.22. The highest BCUT2D eigenvalue weighted by Gasteiger charge is 2.27. The van der Waals surface area contributed by atoms with Crippen LogP contribution in [0.4, 0.5) is 0 Å². The van der Waals surface area contributed by atoms with Gasteiger partial charge < -0.3 is 15.5 Å². The van der Waals surface area contributed by atoms with E-state index in [2.05, 4.69) is 31.3 Å². The first-order valence-corrected chi connectivity index (χ1v) is 16.3. The largest absolute Gasteiger partial charge is 0.387 e. The Kier molecular flexibility index (Phi) is 23.1. The minimum absolute atomic E-state index is 0.265. The van der Waals surface area contributed by atoms with E-state index in [1.807, 2.05) is 0 Å². The number of hydrogen-bond acceptors (Lipinski definition) is 5. The first-order chi connectivity index (χ1) is 17.7. The maximum atomic E-state index is 12.4. The molecule has 218 valence electrons. The van der Waals surface area contributed by atoms with Crippen molar-refractivity contribution >= 4 is 16.0 Å². The Morgan fingerprint density at radius 3 is 1.76 bits per heavy atom. The van der Waals surface area contributed by atoms with E-state index >= 15 is 0 Å². The third kappa shape index (κ3) is 23.6. The minimum Gasteiger partial charge on any atom is -0.387 e. The van der Waals surface area contributed by atoms with Gasteiger partial charge in [0.05, 0.1) is 17.9 Å². The number of aliphatic hydroxyl groups is 2. The molecule has 4 N–H and O–H groups in total. The van der Waals surface area contributed by atoms with Gasteiger partial charge >= 0.3 is 0 Å². The van der Waals surface area contributed by atoms with Gasteiger partial charge in [-0.3, -0.25) is 9.35 Å². The maximum absolute atomic E-state index is 12.4. The topological polar surface area (TPSA) is 124 Å². The molecule has 8 heteroatoms. The van der Waals surface area contributed by atoms with Crippen LogP contribution in [0.25, 0.3) is 0 Å². The third-order valence-electron chi connectivity index (χ3n) is 6.48. The molecule has 0 fully saturated rings. The van der Waals surface area contributed by atoms with Gasteiger partial charge in [0.1, 0.15) is 6.10 Å². The summed E-state index contributed by atoms with van der Waals surface area (Å²) in [5.74, 6) is -1.56. The first kappa shape index (κ1) is 35.8. The molecule has 0 spiro atoms. The molecular formula is C29H55NO6S. The number of rotatable bonds is 25. The molecule has 0 aliphatic rings. The smallest absolute Gasteiger partial charge is 0.267 e. The predicted molar refractivity (Wildman–Crippen MR) is 153 cm³/mol. The SMILES string of the molecule is CCCCC/C=C/C(O)C(CS(=O)(=O)O)NC(=O)C(O)CCCCCC/C=C\CCCCCCCCC. The van der Waals surface area contributed by atoms with Crippen molar-refractivity contribution in [3.63, 3.8) is 0 Å². The second-order valence-corrected chi connectivity index (χ2v) is 11.7. The average Bonchev–Trinajstić information content (AvgIpc) is 2.84. The molecule has 0 saturated heterocycles. The van der Waals surface area contributed by atoms with Crippen molar-refractivity contribution in [3.8, 4) is 0 Å². The van der Waals surface area contributed by atoms with Gasteiger partial charge in [0.25, 0.3) is 10.1 Å². The zero-order valence-electron chi connectivity index (χ0n) is 23.5. The lowest BCUT2D eigenvalue weighted by Crippen LogP contribution is -2.50. The van der Waals surface area contributed by atoms with Crippen LogP contribution in [-0.4, -0.2) is 53.1 Å². The fourth-order valence-electron chi connectivity index (χ4n) is 4.15. The van der Waals surface area contributed by atoms with Crippen molar-refractivity contribution in [1.29, 1.82) is 0 Å². The summed E-state index contributed by atoms with van der Waals surface area (Å²) in [6, 6.07) is -1.23. The van der Waals surface area contributed by atoms with Gasteiger partial charge in [-0.1, -0.05) is 109 Å². The fraction of sp³-hybridized carbons (Fsp3) is 0.828. The Hall–Kier alpha value is -1.22. The summed E-state index contributed by atoms with van der Waals surface area (Å²) in [6.45, 7) is 4.32. The van der Waals surface area contributed by atoms with Gasteiger partial charge in [-0.2, -0.15) is 8.42 Å². The Labute approximate surface area is 227 Å². The van der Waals surface area contributed by atoms with Crippen LogP contribution < -0.4 is 5.32 Å². The van der Waals surface area contributed by atoms with Gasteiger partial charge in [-0.15, -0.1) is 0 Å². The average molecular weight is 546 g/mol. The van der Waals surface area contributed by atoms with E-state index in [4.69, 9.17) is 0 Å². The Morgan fingerprint density at radius 1 is 0.730 bits per heavy atom. The standard InChI is InChI=1S/C29H55NO6S/c1-3-5-7-9-10-11-12-13-14-15-16-17-18-20-22-24-28(32)29(33)30-26(25-37(34,35)36)27(31)23-21-19-8-6-4-2/h14-15,21,23,26-28,31-32H,3-13,16-20,22,24-25H2,1-2H3,(H,30,33)(H,34,35,36)/b15-14-,23-21+. The number of carbonyl (C=O) groups excluding carboxylic acids is 1. The lowest BCUT2D eigenvalue weighted by atomic mass is 10.1. The highest BCUT2D eigenvalue weighted by atomic mass is 32.2. The van der Waals surface area contributed by atoms with E-state index in [-0.39, 0.29) is 6.42 Å². The van der Waals surface area contributed by atoms with E-state index in [1.165, 1.54) is 51.0 Å². The van der Waals surface area contributed by atoms with Crippen LogP contribution in [0.5, 0.6) is 0 Å².